The summed E-state index contributed by atoms with van der Waals surface area (Å²) in [5.41, 5.74) is 2.98. The highest BCUT2D eigenvalue weighted by molar-refractivity contribution is 5.24. The maximum absolute atomic E-state index is 2.37. The quantitative estimate of drug-likeness (QED) is 0.434. The molecule has 1 aromatic carbocycles. The minimum absolute atomic E-state index is 0.833. The van der Waals surface area contributed by atoms with Gasteiger partial charge in [0, 0.05) is 0 Å². The van der Waals surface area contributed by atoms with Gasteiger partial charge < -0.3 is 0 Å². The molecule has 3 rings (SSSR count). The van der Waals surface area contributed by atoms with Gasteiger partial charge >= 0.3 is 0 Å². The summed E-state index contributed by atoms with van der Waals surface area (Å²) >= 11 is 0. The highest BCUT2D eigenvalue weighted by Crippen LogP contribution is 2.40. The predicted octanol–water partition coefficient (Wildman–Crippen LogP) is 8.21. The lowest BCUT2D eigenvalue weighted by atomic mass is 9.74. The molecule has 1 aromatic rings. The third-order valence-electron chi connectivity index (χ3n) is 7.32. The van der Waals surface area contributed by atoms with Crippen LogP contribution in [-0.2, 0) is 0 Å². The normalized spacial score (nSPS) is 29.9. The van der Waals surface area contributed by atoms with Crippen LogP contribution in [-0.4, -0.2) is 0 Å². The SMILES string of the molecule is C/C=C/CCC1CCC(CCC2CCC(c3ccc(C)cc3)CC2)CC1. The van der Waals surface area contributed by atoms with Crippen molar-refractivity contribution in [3.8, 4) is 0 Å². The lowest BCUT2D eigenvalue weighted by Gasteiger charge is -2.32. The first-order valence-electron chi connectivity index (χ1n) is 11.4. The summed E-state index contributed by atoms with van der Waals surface area (Å²) in [5.74, 6) is 3.92. The van der Waals surface area contributed by atoms with Crippen molar-refractivity contribution in [2.75, 3.05) is 0 Å². The smallest absolute Gasteiger partial charge is 0.0162 e. The van der Waals surface area contributed by atoms with Gasteiger partial charge in [-0.15, -0.1) is 0 Å². The monoisotopic (exact) mass is 352 g/mol. The molecule has 0 heteroatoms. The van der Waals surface area contributed by atoms with E-state index in [0.717, 1.165) is 23.7 Å². The van der Waals surface area contributed by atoms with Crippen molar-refractivity contribution in [1.29, 1.82) is 0 Å². The van der Waals surface area contributed by atoms with E-state index in [-0.39, 0.29) is 0 Å². The largest absolute Gasteiger partial charge is 0.0917 e. The molecule has 0 aliphatic heterocycles. The summed E-state index contributed by atoms with van der Waals surface area (Å²) in [5, 5.41) is 0. The lowest BCUT2D eigenvalue weighted by Crippen LogP contribution is -2.17. The van der Waals surface area contributed by atoms with E-state index < -0.39 is 0 Å². The Hall–Kier alpha value is -1.04. The molecule has 0 unspecified atom stereocenters. The Morgan fingerprint density at radius 2 is 1.23 bits per heavy atom. The van der Waals surface area contributed by atoms with Crippen molar-refractivity contribution in [1.82, 2.24) is 0 Å². The van der Waals surface area contributed by atoms with E-state index in [1.807, 2.05) is 0 Å². The summed E-state index contributed by atoms with van der Waals surface area (Å²) < 4.78 is 0. The molecule has 2 saturated carbocycles. The van der Waals surface area contributed by atoms with Crippen LogP contribution >= 0.6 is 0 Å². The molecule has 2 aliphatic rings. The Labute approximate surface area is 162 Å². The molecule has 0 bridgehead atoms. The molecular weight excluding hydrogens is 312 g/mol. The number of rotatable bonds is 7. The topological polar surface area (TPSA) is 0 Å². The Morgan fingerprint density at radius 3 is 1.77 bits per heavy atom. The minimum Gasteiger partial charge on any atom is -0.0917 e. The summed E-state index contributed by atoms with van der Waals surface area (Å²) in [4.78, 5) is 0. The second kappa shape index (κ2) is 10.3. The van der Waals surface area contributed by atoms with E-state index in [1.54, 1.807) is 5.56 Å². The van der Waals surface area contributed by atoms with Crippen molar-refractivity contribution in [3.63, 3.8) is 0 Å². The van der Waals surface area contributed by atoms with Gasteiger partial charge in [0.25, 0.3) is 0 Å². The van der Waals surface area contributed by atoms with E-state index in [9.17, 15) is 0 Å². The highest BCUT2D eigenvalue weighted by atomic mass is 14.3. The van der Waals surface area contributed by atoms with Crippen LogP contribution in [0.15, 0.2) is 36.4 Å². The molecule has 0 nitrogen and oxygen atoms in total. The van der Waals surface area contributed by atoms with Gasteiger partial charge in [-0.3, -0.25) is 0 Å². The third kappa shape index (κ3) is 6.00. The van der Waals surface area contributed by atoms with E-state index >= 15 is 0 Å². The zero-order valence-corrected chi connectivity index (χ0v) is 17.3. The van der Waals surface area contributed by atoms with E-state index in [1.165, 1.54) is 82.6 Å². The Bertz CT molecular complexity index is 522. The minimum atomic E-state index is 0.833. The first kappa shape index (κ1) is 19.7. The van der Waals surface area contributed by atoms with Crippen molar-refractivity contribution in [3.05, 3.63) is 47.5 Å². The summed E-state index contributed by atoms with van der Waals surface area (Å²) in [6, 6.07) is 9.32. The molecule has 0 atom stereocenters. The lowest BCUT2D eigenvalue weighted by molar-refractivity contribution is 0.225. The Morgan fingerprint density at radius 1 is 0.731 bits per heavy atom. The van der Waals surface area contributed by atoms with Crippen LogP contribution in [0.2, 0.25) is 0 Å². The number of hydrogen-bond donors (Lipinski definition) is 0. The van der Waals surface area contributed by atoms with Crippen LogP contribution in [0, 0.1) is 24.7 Å². The Kier molecular flexibility index (Phi) is 7.84. The van der Waals surface area contributed by atoms with Gasteiger partial charge in [0.05, 0.1) is 0 Å². The van der Waals surface area contributed by atoms with Gasteiger partial charge in [-0.1, -0.05) is 80.5 Å². The fourth-order valence-corrected chi connectivity index (χ4v) is 5.40. The maximum Gasteiger partial charge on any atom is -0.0162 e. The van der Waals surface area contributed by atoms with Gasteiger partial charge in [-0.05, 0) is 81.6 Å². The average molecular weight is 353 g/mol. The van der Waals surface area contributed by atoms with Gasteiger partial charge in [0.15, 0.2) is 0 Å². The fourth-order valence-electron chi connectivity index (χ4n) is 5.40. The number of allylic oxidation sites excluding steroid dienone is 2. The van der Waals surface area contributed by atoms with Crippen molar-refractivity contribution >= 4 is 0 Å². The molecule has 0 heterocycles. The first-order valence-corrected chi connectivity index (χ1v) is 11.4. The molecular formula is C26H40. The van der Waals surface area contributed by atoms with Crippen LogP contribution < -0.4 is 0 Å². The van der Waals surface area contributed by atoms with E-state index in [0.29, 0.717) is 0 Å². The molecule has 0 spiro atoms. The number of benzene rings is 1. The fraction of sp³-hybridized carbons (Fsp3) is 0.692. The molecule has 0 saturated heterocycles. The predicted molar refractivity (Wildman–Crippen MR) is 115 cm³/mol. The molecule has 0 radical (unpaired) electrons. The summed E-state index contributed by atoms with van der Waals surface area (Å²) in [6.07, 6.45) is 22.1. The van der Waals surface area contributed by atoms with Crippen LogP contribution in [0.3, 0.4) is 0 Å². The Balaban J connectivity index is 1.31. The second-order valence-electron chi connectivity index (χ2n) is 9.24. The molecule has 0 N–H and O–H groups in total. The molecule has 0 aromatic heterocycles. The first-order chi connectivity index (χ1) is 12.7. The average Bonchev–Trinajstić information content (AvgIpc) is 2.69. The van der Waals surface area contributed by atoms with Gasteiger partial charge in [0.2, 0.25) is 0 Å². The molecule has 26 heavy (non-hydrogen) atoms. The number of hydrogen-bond acceptors (Lipinski definition) is 0. The van der Waals surface area contributed by atoms with Crippen LogP contribution in [0.25, 0.3) is 0 Å². The second-order valence-corrected chi connectivity index (χ2v) is 9.24. The molecule has 0 amide bonds. The standard InChI is InChI=1S/C26H40/c1-3-4-5-6-22-9-11-23(12-10-22)13-14-24-15-19-26(20-16-24)25-17-7-21(2)8-18-25/h3-4,7-8,17-18,22-24,26H,5-6,9-16,19-20H2,1-2H3/b4-3+. The third-order valence-corrected chi connectivity index (χ3v) is 7.32. The van der Waals surface area contributed by atoms with Gasteiger partial charge in [0.1, 0.15) is 0 Å². The van der Waals surface area contributed by atoms with Crippen molar-refractivity contribution in [2.45, 2.75) is 96.8 Å². The van der Waals surface area contributed by atoms with Crippen LogP contribution in [0.4, 0.5) is 0 Å². The molecule has 144 valence electrons. The molecule has 2 fully saturated rings. The van der Waals surface area contributed by atoms with Crippen molar-refractivity contribution in [2.24, 2.45) is 17.8 Å². The van der Waals surface area contributed by atoms with Gasteiger partial charge in [-0.25, -0.2) is 0 Å². The van der Waals surface area contributed by atoms with Crippen molar-refractivity contribution < 1.29 is 0 Å². The van der Waals surface area contributed by atoms with E-state index in [2.05, 4.69) is 50.3 Å². The maximum atomic E-state index is 2.37. The molecule has 2 aliphatic carbocycles. The van der Waals surface area contributed by atoms with Crippen LogP contribution in [0.1, 0.15) is 101 Å². The van der Waals surface area contributed by atoms with E-state index in [4.69, 9.17) is 0 Å². The summed E-state index contributed by atoms with van der Waals surface area (Å²) in [7, 11) is 0. The van der Waals surface area contributed by atoms with Crippen LogP contribution in [0.5, 0.6) is 0 Å². The number of aryl methyl sites for hydroxylation is 1. The van der Waals surface area contributed by atoms with Gasteiger partial charge in [-0.2, -0.15) is 0 Å². The summed E-state index contributed by atoms with van der Waals surface area (Å²) in [6.45, 7) is 4.33. The zero-order chi connectivity index (χ0) is 18.2. The highest BCUT2D eigenvalue weighted by Gasteiger charge is 2.25. The zero-order valence-electron chi connectivity index (χ0n) is 17.3.